The van der Waals surface area contributed by atoms with Crippen molar-refractivity contribution in [1.82, 2.24) is 4.90 Å². The number of benzene rings is 2. The molecule has 4 heteroatoms. The third kappa shape index (κ3) is 5.09. The van der Waals surface area contributed by atoms with E-state index in [1.807, 2.05) is 19.1 Å². The average molecular weight is 370 g/mol. The molecule has 0 radical (unpaired) electrons. The molecule has 2 N–H and O–H groups in total. The van der Waals surface area contributed by atoms with E-state index in [4.69, 9.17) is 22.3 Å². The van der Waals surface area contributed by atoms with Gasteiger partial charge in [-0.25, -0.2) is 4.99 Å². The minimum atomic E-state index is 0.688. The Labute approximate surface area is 161 Å². The fourth-order valence-corrected chi connectivity index (χ4v) is 3.60. The number of piperidine rings is 1. The number of rotatable bonds is 6. The zero-order valence-electron chi connectivity index (χ0n) is 15.5. The summed E-state index contributed by atoms with van der Waals surface area (Å²) < 4.78 is 0. The number of likely N-dealkylation sites (tertiary alicyclic amines) is 1. The lowest BCUT2D eigenvalue weighted by molar-refractivity contribution is 0.220. The minimum Gasteiger partial charge on any atom is -0.387 e. The molecule has 0 aromatic heterocycles. The highest BCUT2D eigenvalue weighted by molar-refractivity contribution is 6.30. The molecule has 0 bridgehead atoms. The molecule has 0 aliphatic carbocycles. The monoisotopic (exact) mass is 369 g/mol. The Kier molecular flexibility index (Phi) is 6.70. The topological polar surface area (TPSA) is 41.6 Å². The van der Waals surface area contributed by atoms with E-state index in [1.165, 1.54) is 49.0 Å². The highest BCUT2D eigenvalue weighted by Crippen LogP contribution is 2.28. The summed E-state index contributed by atoms with van der Waals surface area (Å²) in [7, 11) is 0. The summed E-state index contributed by atoms with van der Waals surface area (Å²) in [6, 6.07) is 14.5. The maximum atomic E-state index is 6.05. The van der Waals surface area contributed by atoms with Crippen LogP contribution in [0.5, 0.6) is 0 Å². The first-order chi connectivity index (χ1) is 12.7. The van der Waals surface area contributed by atoms with Gasteiger partial charge in [0, 0.05) is 18.0 Å². The highest BCUT2D eigenvalue weighted by Gasteiger charge is 2.16. The Bertz CT molecular complexity index is 746. The van der Waals surface area contributed by atoms with E-state index in [9.17, 15) is 0 Å². The van der Waals surface area contributed by atoms with Gasteiger partial charge in [-0.1, -0.05) is 49.2 Å². The Morgan fingerprint density at radius 1 is 1.08 bits per heavy atom. The van der Waals surface area contributed by atoms with Gasteiger partial charge in [0.2, 0.25) is 0 Å². The largest absolute Gasteiger partial charge is 0.387 e. The van der Waals surface area contributed by atoms with Crippen LogP contribution in [0.4, 0.5) is 5.69 Å². The molecule has 1 aliphatic rings. The standard InChI is InChI=1S/C22H28ClN3/c1-2-22(24)25-21-8-6-7-18(15-17-9-11-19(23)12-10-17)20(21)16-26-13-4-3-5-14-26/h6-12H,2-5,13-16H2,1H3,(H2,24,25). The Hall–Kier alpha value is -1.84. The van der Waals surface area contributed by atoms with Gasteiger partial charge in [0.05, 0.1) is 11.5 Å². The Balaban J connectivity index is 1.93. The van der Waals surface area contributed by atoms with Crippen molar-refractivity contribution in [2.45, 2.75) is 45.6 Å². The first-order valence-corrected chi connectivity index (χ1v) is 9.94. The Morgan fingerprint density at radius 3 is 2.50 bits per heavy atom. The molecular formula is C22H28ClN3. The lowest BCUT2D eigenvalue weighted by atomic mass is 9.97. The molecule has 1 heterocycles. The van der Waals surface area contributed by atoms with Crippen LogP contribution < -0.4 is 5.73 Å². The maximum absolute atomic E-state index is 6.05. The summed E-state index contributed by atoms with van der Waals surface area (Å²) in [5, 5.41) is 0.774. The zero-order valence-corrected chi connectivity index (χ0v) is 16.3. The van der Waals surface area contributed by atoms with Crippen LogP contribution in [-0.2, 0) is 13.0 Å². The second-order valence-electron chi connectivity index (χ2n) is 7.01. The van der Waals surface area contributed by atoms with Crippen molar-refractivity contribution < 1.29 is 0 Å². The molecule has 0 atom stereocenters. The van der Waals surface area contributed by atoms with Gasteiger partial charge < -0.3 is 5.73 Å². The predicted octanol–water partition coefficient (Wildman–Crippen LogP) is 5.32. The fraction of sp³-hybridized carbons (Fsp3) is 0.409. The lowest BCUT2D eigenvalue weighted by Gasteiger charge is -2.28. The fourth-order valence-electron chi connectivity index (χ4n) is 3.47. The van der Waals surface area contributed by atoms with Crippen molar-refractivity contribution in [3.8, 4) is 0 Å². The third-order valence-electron chi connectivity index (χ3n) is 5.01. The second-order valence-corrected chi connectivity index (χ2v) is 7.45. The molecule has 1 saturated heterocycles. The van der Waals surface area contributed by atoms with Crippen LogP contribution in [0, 0.1) is 0 Å². The zero-order chi connectivity index (χ0) is 18.4. The average Bonchev–Trinajstić information content (AvgIpc) is 2.66. The normalized spacial score (nSPS) is 16.0. The predicted molar refractivity (Wildman–Crippen MR) is 111 cm³/mol. The molecule has 26 heavy (non-hydrogen) atoms. The summed E-state index contributed by atoms with van der Waals surface area (Å²) >= 11 is 6.03. The third-order valence-corrected chi connectivity index (χ3v) is 5.26. The van der Waals surface area contributed by atoms with Gasteiger partial charge in [0.25, 0.3) is 0 Å². The van der Waals surface area contributed by atoms with Gasteiger partial charge in [0.15, 0.2) is 0 Å². The van der Waals surface area contributed by atoms with E-state index in [1.54, 1.807) is 0 Å². The van der Waals surface area contributed by atoms with E-state index in [0.29, 0.717) is 5.84 Å². The van der Waals surface area contributed by atoms with Crippen molar-refractivity contribution in [2.75, 3.05) is 13.1 Å². The SMILES string of the molecule is CCC(N)=Nc1cccc(Cc2ccc(Cl)cc2)c1CN1CCCCC1. The second kappa shape index (κ2) is 9.20. The Morgan fingerprint density at radius 2 is 1.81 bits per heavy atom. The highest BCUT2D eigenvalue weighted by atomic mass is 35.5. The smallest absolute Gasteiger partial charge is 0.0993 e. The molecule has 2 aromatic rings. The van der Waals surface area contributed by atoms with Crippen molar-refractivity contribution >= 4 is 23.1 Å². The molecule has 0 saturated carbocycles. The number of aliphatic imine (C=N–C) groups is 1. The molecule has 1 aliphatic heterocycles. The van der Waals surface area contributed by atoms with Crippen LogP contribution in [0.3, 0.4) is 0 Å². The van der Waals surface area contributed by atoms with Crippen LogP contribution in [0.2, 0.25) is 5.02 Å². The maximum Gasteiger partial charge on any atom is 0.0993 e. The van der Waals surface area contributed by atoms with E-state index < -0.39 is 0 Å². The van der Waals surface area contributed by atoms with E-state index in [2.05, 4.69) is 35.2 Å². The van der Waals surface area contributed by atoms with Gasteiger partial charge in [0.1, 0.15) is 0 Å². The van der Waals surface area contributed by atoms with E-state index in [0.717, 1.165) is 30.1 Å². The van der Waals surface area contributed by atoms with Crippen LogP contribution >= 0.6 is 11.6 Å². The molecule has 2 aromatic carbocycles. The number of hydrogen-bond donors (Lipinski definition) is 1. The van der Waals surface area contributed by atoms with Gasteiger partial charge in [-0.15, -0.1) is 0 Å². The first kappa shape index (κ1) is 18.9. The minimum absolute atomic E-state index is 0.688. The molecular weight excluding hydrogens is 342 g/mol. The summed E-state index contributed by atoms with van der Waals surface area (Å²) in [6.07, 6.45) is 5.57. The van der Waals surface area contributed by atoms with Crippen LogP contribution in [0.25, 0.3) is 0 Å². The summed E-state index contributed by atoms with van der Waals surface area (Å²) in [4.78, 5) is 7.25. The summed E-state index contributed by atoms with van der Waals surface area (Å²) in [5.74, 6) is 0.688. The molecule has 0 unspecified atom stereocenters. The van der Waals surface area contributed by atoms with Crippen molar-refractivity contribution in [3.63, 3.8) is 0 Å². The van der Waals surface area contributed by atoms with Gasteiger partial charge in [-0.05, 0) is 67.2 Å². The summed E-state index contributed by atoms with van der Waals surface area (Å²) in [6.45, 7) is 5.32. The summed E-state index contributed by atoms with van der Waals surface area (Å²) in [5.41, 5.74) is 11.0. The van der Waals surface area contributed by atoms with Crippen LogP contribution in [0.15, 0.2) is 47.5 Å². The quantitative estimate of drug-likeness (QED) is 0.553. The number of nitrogens with two attached hydrogens (primary N) is 1. The van der Waals surface area contributed by atoms with E-state index in [-0.39, 0.29) is 0 Å². The van der Waals surface area contributed by atoms with Crippen molar-refractivity contribution in [1.29, 1.82) is 0 Å². The number of amidine groups is 1. The van der Waals surface area contributed by atoms with E-state index >= 15 is 0 Å². The van der Waals surface area contributed by atoms with Crippen LogP contribution in [0.1, 0.15) is 49.3 Å². The molecule has 0 spiro atoms. The van der Waals surface area contributed by atoms with Crippen LogP contribution in [-0.4, -0.2) is 23.8 Å². The molecule has 3 nitrogen and oxygen atoms in total. The molecule has 0 amide bonds. The van der Waals surface area contributed by atoms with Gasteiger partial charge in [-0.2, -0.15) is 0 Å². The molecule has 3 rings (SSSR count). The molecule has 1 fully saturated rings. The lowest BCUT2D eigenvalue weighted by Crippen LogP contribution is -2.29. The molecule has 138 valence electrons. The van der Waals surface area contributed by atoms with Gasteiger partial charge in [-0.3, -0.25) is 4.90 Å². The van der Waals surface area contributed by atoms with Crippen molar-refractivity contribution in [2.24, 2.45) is 10.7 Å². The number of nitrogens with zero attached hydrogens (tertiary/aromatic N) is 2. The van der Waals surface area contributed by atoms with Crippen molar-refractivity contribution in [3.05, 3.63) is 64.2 Å². The number of halogens is 1. The number of hydrogen-bond acceptors (Lipinski definition) is 2. The first-order valence-electron chi connectivity index (χ1n) is 9.56. The van der Waals surface area contributed by atoms with Gasteiger partial charge >= 0.3 is 0 Å².